The van der Waals surface area contributed by atoms with Crippen LogP contribution in [0.25, 0.3) is 0 Å². The molecule has 0 spiro atoms. The monoisotopic (exact) mass is 320 g/mol. The zero-order valence-corrected chi connectivity index (χ0v) is 12.7. The van der Waals surface area contributed by atoms with Gasteiger partial charge in [0.15, 0.2) is 0 Å². The maximum atomic E-state index is 11.7. The van der Waals surface area contributed by atoms with Crippen LogP contribution in [-0.4, -0.2) is 27.9 Å². The lowest BCUT2D eigenvalue weighted by atomic mass is 10.3. The highest BCUT2D eigenvalue weighted by atomic mass is 35.5. The van der Waals surface area contributed by atoms with Crippen molar-refractivity contribution in [1.82, 2.24) is 14.9 Å². The maximum Gasteiger partial charge on any atom is 0.243 e. The summed E-state index contributed by atoms with van der Waals surface area (Å²) >= 11 is 5.76. The number of hydrogen-bond donors (Lipinski definition) is 2. The minimum Gasteiger partial charge on any atom is -0.347 e. The van der Waals surface area contributed by atoms with Crippen LogP contribution in [0.3, 0.4) is 0 Å². The van der Waals surface area contributed by atoms with Gasteiger partial charge in [0, 0.05) is 36.1 Å². The van der Waals surface area contributed by atoms with Crippen LogP contribution in [0.15, 0.2) is 43.0 Å². The number of imidazole rings is 1. The number of halogens is 1. The normalized spacial score (nSPS) is 10.2. The second-order valence-corrected chi connectivity index (χ2v) is 5.17. The van der Waals surface area contributed by atoms with Gasteiger partial charge in [-0.25, -0.2) is 4.98 Å². The highest BCUT2D eigenvalue weighted by Crippen LogP contribution is 2.12. The molecule has 0 aliphatic heterocycles. The topological polar surface area (TPSA) is 76.0 Å². The number of hydrogen-bond acceptors (Lipinski definition) is 3. The van der Waals surface area contributed by atoms with Gasteiger partial charge in [0.05, 0.1) is 12.9 Å². The van der Waals surface area contributed by atoms with Crippen molar-refractivity contribution in [3.05, 3.63) is 48.0 Å². The van der Waals surface area contributed by atoms with Gasteiger partial charge in [0.2, 0.25) is 11.8 Å². The van der Waals surface area contributed by atoms with Gasteiger partial charge in [0.25, 0.3) is 0 Å². The van der Waals surface area contributed by atoms with Crippen LogP contribution in [0.1, 0.15) is 12.8 Å². The van der Waals surface area contributed by atoms with Gasteiger partial charge in [-0.1, -0.05) is 11.6 Å². The molecule has 0 bridgehead atoms. The second kappa shape index (κ2) is 8.19. The van der Waals surface area contributed by atoms with E-state index in [1.807, 2.05) is 10.8 Å². The molecule has 0 aliphatic carbocycles. The summed E-state index contributed by atoms with van der Waals surface area (Å²) in [5.74, 6) is -0.420. The maximum absolute atomic E-state index is 11.7. The van der Waals surface area contributed by atoms with Gasteiger partial charge in [-0.15, -0.1) is 0 Å². The van der Waals surface area contributed by atoms with E-state index in [0.29, 0.717) is 23.6 Å². The highest BCUT2D eigenvalue weighted by Gasteiger charge is 2.06. The lowest BCUT2D eigenvalue weighted by Crippen LogP contribution is -2.32. The van der Waals surface area contributed by atoms with Gasteiger partial charge in [-0.3, -0.25) is 9.59 Å². The van der Waals surface area contributed by atoms with Crippen molar-refractivity contribution in [1.29, 1.82) is 0 Å². The molecule has 6 nitrogen and oxygen atoms in total. The lowest BCUT2D eigenvalue weighted by molar-refractivity contribution is -0.124. The number of aryl methyl sites for hydroxylation is 1. The van der Waals surface area contributed by atoms with E-state index in [2.05, 4.69) is 15.6 Å². The molecule has 0 radical (unpaired) electrons. The van der Waals surface area contributed by atoms with E-state index in [0.717, 1.165) is 6.54 Å². The van der Waals surface area contributed by atoms with E-state index in [1.54, 1.807) is 36.8 Å². The van der Waals surface area contributed by atoms with Crippen LogP contribution in [0.4, 0.5) is 5.69 Å². The molecule has 0 atom stereocenters. The first-order chi connectivity index (χ1) is 10.6. The lowest BCUT2D eigenvalue weighted by Gasteiger charge is -2.07. The first-order valence-corrected chi connectivity index (χ1v) is 7.29. The summed E-state index contributed by atoms with van der Waals surface area (Å²) in [7, 11) is 0. The average Bonchev–Trinajstić information content (AvgIpc) is 3.01. The van der Waals surface area contributed by atoms with E-state index in [9.17, 15) is 9.59 Å². The van der Waals surface area contributed by atoms with Crippen LogP contribution in [0, 0.1) is 0 Å². The summed E-state index contributed by atoms with van der Waals surface area (Å²) in [6, 6.07) is 6.78. The smallest absolute Gasteiger partial charge is 0.243 e. The summed E-state index contributed by atoms with van der Waals surface area (Å²) in [5.41, 5.74) is 0.642. The van der Waals surface area contributed by atoms with Gasteiger partial charge in [-0.05, 0) is 30.7 Å². The zero-order valence-electron chi connectivity index (χ0n) is 12.0. The fourth-order valence-corrected chi connectivity index (χ4v) is 1.97. The Morgan fingerprint density at radius 1 is 1.18 bits per heavy atom. The molecular weight excluding hydrogens is 304 g/mol. The number of amides is 2. The first-order valence-electron chi connectivity index (χ1n) is 6.91. The molecule has 1 aromatic carbocycles. The number of rotatable bonds is 7. The van der Waals surface area contributed by atoms with Gasteiger partial charge < -0.3 is 15.2 Å². The fourth-order valence-electron chi connectivity index (χ4n) is 1.85. The average molecular weight is 321 g/mol. The van der Waals surface area contributed by atoms with Crippen molar-refractivity contribution in [3.63, 3.8) is 0 Å². The van der Waals surface area contributed by atoms with Crippen molar-refractivity contribution >= 4 is 29.1 Å². The van der Waals surface area contributed by atoms with E-state index in [4.69, 9.17) is 11.6 Å². The van der Waals surface area contributed by atoms with Crippen LogP contribution < -0.4 is 10.6 Å². The van der Waals surface area contributed by atoms with Crippen molar-refractivity contribution in [2.75, 3.05) is 11.9 Å². The Kier molecular flexibility index (Phi) is 5.97. The van der Waals surface area contributed by atoms with Gasteiger partial charge in [-0.2, -0.15) is 0 Å². The Balaban J connectivity index is 1.63. The number of benzene rings is 1. The minimum absolute atomic E-state index is 0.0491. The molecule has 2 amide bonds. The third-order valence-corrected chi connectivity index (χ3v) is 3.21. The van der Waals surface area contributed by atoms with Crippen molar-refractivity contribution in [2.24, 2.45) is 0 Å². The Bertz CT molecular complexity index is 611. The molecule has 0 saturated heterocycles. The Morgan fingerprint density at radius 3 is 2.64 bits per heavy atom. The quantitative estimate of drug-likeness (QED) is 0.820. The molecule has 0 saturated carbocycles. The number of nitrogens with one attached hydrogen (secondary N) is 2. The summed E-state index contributed by atoms with van der Waals surface area (Å²) in [5, 5.41) is 5.87. The van der Waals surface area contributed by atoms with E-state index >= 15 is 0 Å². The standard InChI is InChI=1S/C15H17ClN4O2/c16-12-3-5-13(6-4-12)19-15(22)10-18-14(21)2-1-8-20-9-7-17-11-20/h3-7,9,11H,1-2,8,10H2,(H,18,21)(H,19,22). The SMILES string of the molecule is O=C(CCCn1ccnc1)NCC(=O)Nc1ccc(Cl)cc1. The molecule has 0 unspecified atom stereocenters. The van der Waals surface area contributed by atoms with Crippen molar-refractivity contribution < 1.29 is 9.59 Å². The highest BCUT2D eigenvalue weighted by molar-refractivity contribution is 6.30. The predicted molar refractivity (Wildman–Crippen MR) is 84.6 cm³/mol. The summed E-state index contributed by atoms with van der Waals surface area (Å²) < 4.78 is 1.90. The molecule has 0 aliphatic rings. The first kappa shape index (κ1) is 16.0. The third-order valence-electron chi connectivity index (χ3n) is 2.95. The number of nitrogens with zero attached hydrogens (tertiary/aromatic N) is 2. The summed E-state index contributed by atoms with van der Waals surface area (Å²) in [6.45, 7) is 0.678. The molecule has 22 heavy (non-hydrogen) atoms. The number of anilines is 1. The van der Waals surface area contributed by atoms with E-state index < -0.39 is 0 Å². The molecular formula is C15H17ClN4O2. The predicted octanol–water partition coefficient (Wildman–Crippen LogP) is 2.07. The minimum atomic E-state index is -0.273. The summed E-state index contributed by atoms with van der Waals surface area (Å²) in [6.07, 6.45) is 6.31. The third kappa shape index (κ3) is 5.57. The molecule has 116 valence electrons. The van der Waals surface area contributed by atoms with Gasteiger partial charge in [0.1, 0.15) is 0 Å². The van der Waals surface area contributed by atoms with Crippen molar-refractivity contribution in [3.8, 4) is 0 Å². The fraction of sp³-hybridized carbons (Fsp3) is 0.267. The molecule has 2 N–H and O–H groups in total. The second-order valence-electron chi connectivity index (χ2n) is 4.74. The van der Waals surface area contributed by atoms with Gasteiger partial charge >= 0.3 is 0 Å². The van der Waals surface area contributed by atoms with Crippen LogP contribution >= 0.6 is 11.6 Å². The molecule has 2 rings (SSSR count). The van der Waals surface area contributed by atoms with Crippen LogP contribution in [0.2, 0.25) is 5.02 Å². The van der Waals surface area contributed by atoms with Crippen LogP contribution in [0.5, 0.6) is 0 Å². The van der Waals surface area contributed by atoms with E-state index in [-0.39, 0.29) is 18.4 Å². The Hall–Kier alpha value is -2.34. The molecule has 1 heterocycles. The Labute approximate surface area is 133 Å². The number of carbonyl (C=O) groups is 2. The zero-order chi connectivity index (χ0) is 15.8. The Morgan fingerprint density at radius 2 is 1.95 bits per heavy atom. The number of carbonyl (C=O) groups excluding carboxylic acids is 2. The molecule has 7 heteroatoms. The molecule has 0 fully saturated rings. The van der Waals surface area contributed by atoms with E-state index in [1.165, 1.54) is 0 Å². The molecule has 1 aromatic heterocycles. The molecule has 2 aromatic rings. The summed E-state index contributed by atoms with van der Waals surface area (Å²) in [4.78, 5) is 27.3. The van der Waals surface area contributed by atoms with Crippen molar-refractivity contribution in [2.45, 2.75) is 19.4 Å². The van der Waals surface area contributed by atoms with Crippen LogP contribution in [-0.2, 0) is 16.1 Å². The largest absolute Gasteiger partial charge is 0.347 e. The number of aromatic nitrogens is 2.